The summed E-state index contributed by atoms with van der Waals surface area (Å²) in [6.45, 7) is 1.08. The molecule has 0 aliphatic rings. The van der Waals surface area contributed by atoms with Gasteiger partial charge >= 0.3 is 5.97 Å². The maximum absolute atomic E-state index is 12.6. The van der Waals surface area contributed by atoms with Gasteiger partial charge in [-0.3, -0.25) is 14.5 Å². The second kappa shape index (κ2) is 11.5. The number of ether oxygens (including phenoxy) is 2. The molecule has 0 saturated heterocycles. The van der Waals surface area contributed by atoms with Gasteiger partial charge < -0.3 is 14.8 Å². The highest BCUT2D eigenvalue weighted by Crippen LogP contribution is 2.29. The molecule has 3 rings (SSSR count). The number of rotatable bonds is 10. The van der Waals surface area contributed by atoms with Crippen LogP contribution in [-0.2, 0) is 20.9 Å². The average molecular weight is 418 g/mol. The molecule has 0 unspecified atom stereocenters. The van der Waals surface area contributed by atoms with Crippen LogP contribution < -0.4 is 10.1 Å². The molecule has 0 spiro atoms. The molecule has 6 nitrogen and oxygen atoms in total. The Morgan fingerprint density at radius 3 is 2.23 bits per heavy atom. The molecule has 0 aliphatic carbocycles. The smallest absolute Gasteiger partial charge is 0.319 e. The Balaban J connectivity index is 1.60. The van der Waals surface area contributed by atoms with E-state index >= 15 is 0 Å². The quantitative estimate of drug-likeness (QED) is 0.492. The van der Waals surface area contributed by atoms with E-state index in [1.54, 1.807) is 6.07 Å². The largest absolute Gasteiger partial charge is 0.468 e. The van der Waals surface area contributed by atoms with Gasteiger partial charge in [0.2, 0.25) is 5.91 Å². The van der Waals surface area contributed by atoms with Crippen molar-refractivity contribution >= 4 is 17.6 Å². The Hall–Kier alpha value is -3.64. The number of benzene rings is 3. The Bertz CT molecular complexity index is 977. The van der Waals surface area contributed by atoms with Gasteiger partial charge in [-0.15, -0.1) is 0 Å². The van der Waals surface area contributed by atoms with E-state index < -0.39 is 0 Å². The fourth-order valence-corrected chi connectivity index (χ4v) is 3.05. The average Bonchev–Trinajstić information content (AvgIpc) is 2.80. The first-order valence-corrected chi connectivity index (χ1v) is 10.1. The number of hydrogen-bond donors (Lipinski definition) is 1. The Labute approximate surface area is 182 Å². The summed E-state index contributed by atoms with van der Waals surface area (Å²) in [5, 5.41) is 2.91. The number of amides is 1. The zero-order valence-corrected chi connectivity index (χ0v) is 17.5. The van der Waals surface area contributed by atoms with Gasteiger partial charge in [-0.25, -0.2) is 0 Å². The van der Waals surface area contributed by atoms with Crippen LogP contribution in [0.25, 0.3) is 0 Å². The maximum Gasteiger partial charge on any atom is 0.319 e. The summed E-state index contributed by atoms with van der Waals surface area (Å²) < 4.78 is 10.7. The molecule has 0 atom stereocenters. The Morgan fingerprint density at radius 1 is 0.871 bits per heavy atom. The van der Waals surface area contributed by atoms with Crippen molar-refractivity contribution in [2.24, 2.45) is 0 Å². The second-order valence-corrected chi connectivity index (χ2v) is 6.98. The summed E-state index contributed by atoms with van der Waals surface area (Å²) in [7, 11) is 1.36. The van der Waals surface area contributed by atoms with Gasteiger partial charge in [-0.05, 0) is 29.8 Å². The number of esters is 1. The standard InChI is InChI=1S/C25H26N2O4/c1-30-25(29)19-27(18-20-10-4-2-5-11-20)17-16-24(28)26-22-14-8-9-15-23(22)31-21-12-6-3-7-13-21/h2-15H,16-19H2,1H3,(H,26,28). The third kappa shape index (κ3) is 7.28. The summed E-state index contributed by atoms with van der Waals surface area (Å²) in [6, 6.07) is 26.5. The molecule has 0 fully saturated rings. The Kier molecular flexibility index (Phi) is 8.20. The van der Waals surface area contributed by atoms with E-state index in [4.69, 9.17) is 9.47 Å². The van der Waals surface area contributed by atoms with Gasteiger partial charge in [0.25, 0.3) is 0 Å². The molecule has 31 heavy (non-hydrogen) atoms. The minimum absolute atomic E-state index is 0.117. The van der Waals surface area contributed by atoms with Crippen molar-refractivity contribution in [1.82, 2.24) is 4.90 Å². The SMILES string of the molecule is COC(=O)CN(CCC(=O)Nc1ccccc1Oc1ccccc1)Cc1ccccc1. The first-order valence-electron chi connectivity index (χ1n) is 10.1. The van der Waals surface area contributed by atoms with Crippen molar-refractivity contribution in [2.75, 3.05) is 25.5 Å². The summed E-state index contributed by atoms with van der Waals surface area (Å²) in [5.74, 6) is 0.763. The van der Waals surface area contributed by atoms with Gasteiger partial charge in [-0.2, -0.15) is 0 Å². The Morgan fingerprint density at radius 2 is 1.52 bits per heavy atom. The maximum atomic E-state index is 12.6. The highest BCUT2D eigenvalue weighted by molar-refractivity contribution is 5.92. The van der Waals surface area contributed by atoms with Gasteiger partial charge in [0.05, 0.1) is 19.3 Å². The van der Waals surface area contributed by atoms with E-state index in [9.17, 15) is 9.59 Å². The number of para-hydroxylation sites is 3. The number of anilines is 1. The van der Waals surface area contributed by atoms with Crippen molar-refractivity contribution in [3.05, 3.63) is 90.5 Å². The third-order valence-electron chi connectivity index (χ3n) is 4.62. The van der Waals surface area contributed by atoms with Crippen molar-refractivity contribution in [3.63, 3.8) is 0 Å². The van der Waals surface area contributed by atoms with E-state index in [1.807, 2.05) is 83.8 Å². The van der Waals surface area contributed by atoms with E-state index in [-0.39, 0.29) is 24.8 Å². The zero-order chi connectivity index (χ0) is 21.9. The molecular weight excluding hydrogens is 392 g/mol. The molecule has 0 aliphatic heterocycles. The fourth-order valence-electron chi connectivity index (χ4n) is 3.05. The molecule has 0 aromatic heterocycles. The summed E-state index contributed by atoms with van der Waals surface area (Å²) in [4.78, 5) is 26.3. The lowest BCUT2D eigenvalue weighted by molar-refractivity contribution is -0.142. The molecule has 0 saturated carbocycles. The predicted molar refractivity (Wildman–Crippen MR) is 120 cm³/mol. The van der Waals surface area contributed by atoms with E-state index in [2.05, 4.69) is 5.32 Å². The van der Waals surface area contributed by atoms with Crippen LogP contribution in [0.3, 0.4) is 0 Å². The van der Waals surface area contributed by atoms with Crippen LogP contribution in [-0.4, -0.2) is 37.0 Å². The monoisotopic (exact) mass is 418 g/mol. The number of carbonyl (C=O) groups is 2. The fraction of sp³-hybridized carbons (Fsp3) is 0.200. The minimum atomic E-state index is -0.335. The first kappa shape index (κ1) is 22.1. The molecule has 0 heterocycles. The van der Waals surface area contributed by atoms with Crippen LogP contribution in [0.4, 0.5) is 5.69 Å². The summed E-state index contributed by atoms with van der Waals surface area (Å²) in [5.41, 5.74) is 1.66. The van der Waals surface area contributed by atoms with Gasteiger partial charge in [-0.1, -0.05) is 60.7 Å². The van der Waals surface area contributed by atoms with Crippen molar-refractivity contribution < 1.29 is 19.1 Å². The molecule has 0 bridgehead atoms. The van der Waals surface area contributed by atoms with E-state index in [0.29, 0.717) is 30.3 Å². The number of methoxy groups -OCH3 is 1. The minimum Gasteiger partial charge on any atom is -0.468 e. The van der Waals surface area contributed by atoms with Crippen LogP contribution >= 0.6 is 0 Å². The molecule has 3 aromatic carbocycles. The van der Waals surface area contributed by atoms with Gasteiger partial charge in [0, 0.05) is 19.5 Å². The van der Waals surface area contributed by atoms with E-state index in [0.717, 1.165) is 5.56 Å². The van der Waals surface area contributed by atoms with Crippen LogP contribution in [0, 0.1) is 0 Å². The number of hydrogen-bond acceptors (Lipinski definition) is 5. The normalized spacial score (nSPS) is 10.5. The predicted octanol–water partition coefficient (Wildman–Crippen LogP) is 4.48. The third-order valence-corrected chi connectivity index (χ3v) is 4.62. The molecule has 160 valence electrons. The highest BCUT2D eigenvalue weighted by Gasteiger charge is 2.15. The lowest BCUT2D eigenvalue weighted by atomic mass is 10.2. The number of nitrogens with zero attached hydrogens (tertiary/aromatic N) is 1. The molecule has 1 amide bonds. The highest BCUT2D eigenvalue weighted by atomic mass is 16.5. The summed E-state index contributed by atoms with van der Waals surface area (Å²) in [6.07, 6.45) is 0.226. The summed E-state index contributed by atoms with van der Waals surface area (Å²) >= 11 is 0. The van der Waals surface area contributed by atoms with Crippen molar-refractivity contribution in [2.45, 2.75) is 13.0 Å². The molecular formula is C25H26N2O4. The topological polar surface area (TPSA) is 67.9 Å². The zero-order valence-electron chi connectivity index (χ0n) is 17.5. The lowest BCUT2D eigenvalue weighted by Gasteiger charge is -2.21. The number of carbonyl (C=O) groups excluding carboxylic acids is 2. The van der Waals surface area contributed by atoms with E-state index in [1.165, 1.54) is 7.11 Å². The lowest BCUT2D eigenvalue weighted by Crippen LogP contribution is -2.33. The molecule has 3 aromatic rings. The van der Waals surface area contributed by atoms with Gasteiger partial charge in [0.1, 0.15) is 5.75 Å². The van der Waals surface area contributed by atoms with Crippen LogP contribution in [0.1, 0.15) is 12.0 Å². The van der Waals surface area contributed by atoms with Crippen LogP contribution in [0.2, 0.25) is 0 Å². The van der Waals surface area contributed by atoms with Gasteiger partial charge in [0.15, 0.2) is 5.75 Å². The first-order chi connectivity index (χ1) is 15.1. The second-order valence-electron chi connectivity index (χ2n) is 6.98. The molecule has 1 N–H and O–H groups in total. The molecule has 0 radical (unpaired) electrons. The van der Waals surface area contributed by atoms with Crippen molar-refractivity contribution in [1.29, 1.82) is 0 Å². The molecule has 6 heteroatoms. The van der Waals surface area contributed by atoms with Crippen molar-refractivity contribution in [3.8, 4) is 11.5 Å². The van der Waals surface area contributed by atoms with Crippen LogP contribution in [0.15, 0.2) is 84.9 Å². The van der Waals surface area contributed by atoms with Crippen LogP contribution in [0.5, 0.6) is 11.5 Å². The number of nitrogens with one attached hydrogen (secondary N) is 1.